The molecule has 5 nitrogen and oxygen atoms in total. The number of ether oxygens (including phenoxy) is 3. The predicted octanol–water partition coefficient (Wildman–Crippen LogP) is 3.40. The third-order valence-corrected chi connectivity index (χ3v) is 4.98. The first-order chi connectivity index (χ1) is 12.6. The van der Waals surface area contributed by atoms with Gasteiger partial charge in [0.25, 0.3) is 0 Å². The SMILES string of the molecule is COc1cc(CN(C)C(=O)C2(c3ccccc3)CC2)cc(OC)c1OC. The topological polar surface area (TPSA) is 48.0 Å². The quantitative estimate of drug-likeness (QED) is 0.764. The molecule has 26 heavy (non-hydrogen) atoms. The van der Waals surface area contributed by atoms with E-state index in [0.717, 1.165) is 24.0 Å². The van der Waals surface area contributed by atoms with Crippen molar-refractivity contribution in [2.75, 3.05) is 28.4 Å². The van der Waals surface area contributed by atoms with Crippen LogP contribution in [0, 0.1) is 0 Å². The molecule has 138 valence electrons. The molecule has 2 aromatic rings. The summed E-state index contributed by atoms with van der Waals surface area (Å²) in [5, 5.41) is 0. The van der Waals surface area contributed by atoms with Gasteiger partial charge in [0.05, 0.1) is 26.7 Å². The minimum absolute atomic E-state index is 0.150. The number of carbonyl (C=O) groups excluding carboxylic acids is 1. The average molecular weight is 355 g/mol. The van der Waals surface area contributed by atoms with Gasteiger partial charge in [-0.05, 0) is 36.1 Å². The molecule has 1 aliphatic rings. The molecule has 0 saturated heterocycles. The van der Waals surface area contributed by atoms with E-state index in [2.05, 4.69) is 0 Å². The number of hydrogen-bond donors (Lipinski definition) is 0. The highest BCUT2D eigenvalue weighted by Crippen LogP contribution is 2.49. The highest BCUT2D eigenvalue weighted by atomic mass is 16.5. The summed E-state index contributed by atoms with van der Waals surface area (Å²) < 4.78 is 16.2. The first-order valence-electron chi connectivity index (χ1n) is 8.65. The van der Waals surface area contributed by atoms with Crippen molar-refractivity contribution < 1.29 is 19.0 Å². The number of likely N-dealkylation sites (N-methyl/N-ethyl adjacent to an activating group) is 1. The second kappa shape index (κ2) is 7.28. The van der Waals surface area contributed by atoms with Crippen molar-refractivity contribution in [1.82, 2.24) is 4.90 Å². The van der Waals surface area contributed by atoms with E-state index >= 15 is 0 Å². The number of rotatable bonds is 7. The molecule has 0 aromatic heterocycles. The number of methoxy groups -OCH3 is 3. The van der Waals surface area contributed by atoms with Gasteiger partial charge in [-0.1, -0.05) is 30.3 Å². The maximum Gasteiger partial charge on any atom is 0.233 e. The average Bonchev–Trinajstić information content (AvgIpc) is 3.49. The zero-order valence-electron chi connectivity index (χ0n) is 15.7. The molecule has 0 unspecified atom stereocenters. The van der Waals surface area contributed by atoms with Crippen LogP contribution in [-0.4, -0.2) is 39.2 Å². The van der Waals surface area contributed by atoms with Crippen LogP contribution in [0.3, 0.4) is 0 Å². The van der Waals surface area contributed by atoms with Gasteiger partial charge in [-0.15, -0.1) is 0 Å². The molecule has 3 rings (SSSR count). The van der Waals surface area contributed by atoms with Gasteiger partial charge in [0.15, 0.2) is 11.5 Å². The van der Waals surface area contributed by atoms with Gasteiger partial charge >= 0.3 is 0 Å². The Morgan fingerprint density at radius 2 is 1.58 bits per heavy atom. The van der Waals surface area contributed by atoms with Crippen LogP contribution < -0.4 is 14.2 Å². The number of nitrogens with zero attached hydrogens (tertiary/aromatic N) is 1. The third-order valence-electron chi connectivity index (χ3n) is 4.98. The standard InChI is InChI=1S/C21H25NO4/c1-22(20(23)21(10-11-21)16-8-6-5-7-9-16)14-15-12-17(24-2)19(26-4)18(13-15)25-3/h5-9,12-13H,10-11,14H2,1-4H3. The lowest BCUT2D eigenvalue weighted by atomic mass is 9.94. The summed E-state index contributed by atoms with van der Waals surface area (Å²) in [5.74, 6) is 1.88. The van der Waals surface area contributed by atoms with Crippen molar-refractivity contribution >= 4 is 5.91 Å². The molecule has 0 N–H and O–H groups in total. The maximum absolute atomic E-state index is 13.1. The molecule has 1 aliphatic carbocycles. The lowest BCUT2D eigenvalue weighted by molar-refractivity contribution is -0.133. The molecule has 0 atom stereocenters. The minimum Gasteiger partial charge on any atom is -0.493 e. The van der Waals surface area contributed by atoms with Crippen LogP contribution in [0.2, 0.25) is 0 Å². The molecule has 0 bridgehead atoms. The Bertz CT molecular complexity index is 759. The van der Waals surface area contributed by atoms with Gasteiger partial charge in [0.2, 0.25) is 11.7 Å². The lowest BCUT2D eigenvalue weighted by Crippen LogP contribution is -2.36. The number of benzene rings is 2. The zero-order valence-corrected chi connectivity index (χ0v) is 15.7. The van der Waals surface area contributed by atoms with Crippen LogP contribution in [0.1, 0.15) is 24.0 Å². The molecule has 0 radical (unpaired) electrons. The van der Waals surface area contributed by atoms with Crippen molar-refractivity contribution in [3.05, 3.63) is 53.6 Å². The van der Waals surface area contributed by atoms with Gasteiger partial charge in [0, 0.05) is 13.6 Å². The summed E-state index contributed by atoms with van der Waals surface area (Å²) >= 11 is 0. The van der Waals surface area contributed by atoms with Crippen LogP contribution in [0.15, 0.2) is 42.5 Å². The van der Waals surface area contributed by atoms with Crippen molar-refractivity contribution in [2.45, 2.75) is 24.8 Å². The highest BCUT2D eigenvalue weighted by molar-refractivity contribution is 5.91. The van der Waals surface area contributed by atoms with E-state index < -0.39 is 0 Å². The lowest BCUT2D eigenvalue weighted by Gasteiger charge is -2.24. The molecule has 1 amide bonds. The molecule has 0 heterocycles. The maximum atomic E-state index is 13.1. The summed E-state index contributed by atoms with van der Waals surface area (Å²) in [4.78, 5) is 14.9. The van der Waals surface area contributed by atoms with Crippen LogP contribution in [0.25, 0.3) is 0 Å². The van der Waals surface area contributed by atoms with Crippen LogP contribution >= 0.6 is 0 Å². The number of carbonyl (C=O) groups is 1. The van der Waals surface area contributed by atoms with Gasteiger partial charge in [-0.2, -0.15) is 0 Å². The molecule has 0 spiro atoms. The Labute approximate surface area is 154 Å². The Hall–Kier alpha value is -2.69. The predicted molar refractivity (Wildman–Crippen MR) is 99.9 cm³/mol. The molecule has 1 saturated carbocycles. The first-order valence-corrected chi connectivity index (χ1v) is 8.65. The van der Waals surface area contributed by atoms with E-state index in [4.69, 9.17) is 14.2 Å². The van der Waals surface area contributed by atoms with E-state index in [1.54, 1.807) is 26.2 Å². The molecule has 0 aliphatic heterocycles. The van der Waals surface area contributed by atoms with Crippen molar-refractivity contribution in [2.24, 2.45) is 0 Å². The summed E-state index contributed by atoms with van der Waals surface area (Å²) in [7, 11) is 6.59. The Kier molecular flexibility index (Phi) is 5.07. The van der Waals surface area contributed by atoms with E-state index in [0.29, 0.717) is 23.8 Å². The van der Waals surface area contributed by atoms with Crippen LogP contribution in [0.4, 0.5) is 0 Å². The van der Waals surface area contributed by atoms with E-state index in [9.17, 15) is 4.79 Å². The molecular formula is C21H25NO4. The second-order valence-electron chi connectivity index (χ2n) is 6.64. The zero-order chi connectivity index (χ0) is 18.7. The van der Waals surface area contributed by atoms with Gasteiger partial charge in [0.1, 0.15) is 0 Å². The fraction of sp³-hybridized carbons (Fsp3) is 0.381. The molecule has 1 fully saturated rings. The third kappa shape index (κ3) is 3.21. The van der Waals surface area contributed by atoms with Crippen molar-refractivity contribution in [1.29, 1.82) is 0 Å². The second-order valence-corrected chi connectivity index (χ2v) is 6.64. The monoisotopic (exact) mass is 355 g/mol. The summed E-state index contributed by atoms with van der Waals surface area (Å²) in [6.07, 6.45) is 1.80. The molecule has 5 heteroatoms. The van der Waals surface area contributed by atoms with E-state index in [1.165, 1.54) is 0 Å². The molecule has 2 aromatic carbocycles. The number of amides is 1. The van der Waals surface area contributed by atoms with Gasteiger partial charge in [-0.25, -0.2) is 0 Å². The van der Waals surface area contributed by atoms with E-state index in [-0.39, 0.29) is 11.3 Å². The Balaban J connectivity index is 1.82. The van der Waals surface area contributed by atoms with Crippen molar-refractivity contribution in [3.63, 3.8) is 0 Å². The highest BCUT2D eigenvalue weighted by Gasteiger charge is 2.52. The molecular weight excluding hydrogens is 330 g/mol. The van der Waals surface area contributed by atoms with Crippen LogP contribution in [0.5, 0.6) is 17.2 Å². The van der Waals surface area contributed by atoms with Gasteiger partial charge < -0.3 is 19.1 Å². The first kappa shape index (κ1) is 18.1. The smallest absolute Gasteiger partial charge is 0.233 e. The number of hydrogen-bond acceptors (Lipinski definition) is 4. The van der Waals surface area contributed by atoms with Gasteiger partial charge in [-0.3, -0.25) is 4.79 Å². The summed E-state index contributed by atoms with van der Waals surface area (Å²) in [6, 6.07) is 13.8. The summed E-state index contributed by atoms with van der Waals surface area (Å²) in [6.45, 7) is 0.476. The fourth-order valence-corrected chi connectivity index (χ4v) is 3.45. The Morgan fingerprint density at radius 3 is 2.04 bits per heavy atom. The van der Waals surface area contributed by atoms with Crippen molar-refractivity contribution in [3.8, 4) is 17.2 Å². The minimum atomic E-state index is -0.364. The van der Waals surface area contributed by atoms with Crippen LogP contribution in [-0.2, 0) is 16.8 Å². The largest absolute Gasteiger partial charge is 0.493 e. The summed E-state index contributed by atoms with van der Waals surface area (Å²) in [5.41, 5.74) is 1.66. The normalized spacial score (nSPS) is 14.5. The van der Waals surface area contributed by atoms with E-state index in [1.807, 2.05) is 49.5 Å². The Morgan fingerprint density at radius 1 is 1.00 bits per heavy atom. The fourth-order valence-electron chi connectivity index (χ4n) is 3.45.